The summed E-state index contributed by atoms with van der Waals surface area (Å²) in [5.74, 6) is -1.45. The molecule has 0 aromatic heterocycles. The van der Waals surface area contributed by atoms with E-state index in [1.54, 1.807) is 0 Å². The van der Waals surface area contributed by atoms with E-state index in [0.717, 1.165) is 25.2 Å². The molecule has 8 heteroatoms. The van der Waals surface area contributed by atoms with Crippen molar-refractivity contribution in [1.29, 1.82) is 0 Å². The first-order valence-corrected chi connectivity index (χ1v) is 5.84. The van der Waals surface area contributed by atoms with Crippen molar-refractivity contribution < 1.29 is 13.6 Å². The summed E-state index contributed by atoms with van der Waals surface area (Å²) >= 11 is 0. The predicted octanol–water partition coefficient (Wildman–Crippen LogP) is 2.45. The molecule has 1 aliphatic heterocycles. The Balaban J connectivity index is 0.00000180. The molecule has 2 amide bonds. The number of urea groups is 1. The Morgan fingerprint density at radius 3 is 2.35 bits per heavy atom. The maximum Gasteiger partial charge on any atom is 0.319 e. The Morgan fingerprint density at radius 1 is 1.25 bits per heavy atom. The van der Waals surface area contributed by atoms with Gasteiger partial charge in [-0.3, -0.25) is 4.90 Å². The van der Waals surface area contributed by atoms with E-state index in [2.05, 4.69) is 5.32 Å². The molecule has 114 valence electrons. The van der Waals surface area contributed by atoms with Crippen molar-refractivity contribution in [3.63, 3.8) is 0 Å². The Bertz CT molecular complexity index is 456. The molecule has 2 rings (SSSR count). The molecule has 1 aromatic carbocycles. The Kier molecular flexibility index (Phi) is 7.78. The van der Waals surface area contributed by atoms with Crippen molar-refractivity contribution in [3.05, 3.63) is 29.8 Å². The molecule has 0 spiro atoms. The van der Waals surface area contributed by atoms with Crippen molar-refractivity contribution >= 4 is 36.5 Å². The number of halogens is 4. The maximum absolute atomic E-state index is 13.7. The predicted molar refractivity (Wildman–Crippen MR) is 78.8 cm³/mol. The molecule has 1 aromatic rings. The van der Waals surface area contributed by atoms with Crippen molar-refractivity contribution in [1.82, 2.24) is 5.32 Å². The van der Waals surface area contributed by atoms with E-state index in [0.29, 0.717) is 12.8 Å². The van der Waals surface area contributed by atoms with Gasteiger partial charge in [0.05, 0.1) is 5.69 Å². The molecule has 4 nitrogen and oxygen atoms in total. The molecule has 1 saturated heterocycles. The number of primary amides is 1. The first-order chi connectivity index (χ1) is 8.59. The Hall–Kier alpha value is -1.11. The van der Waals surface area contributed by atoms with Gasteiger partial charge in [0.15, 0.2) is 0 Å². The average molecular weight is 328 g/mol. The summed E-state index contributed by atoms with van der Waals surface area (Å²) in [7, 11) is 0. The van der Waals surface area contributed by atoms with Gasteiger partial charge in [-0.1, -0.05) is 0 Å². The number of amides is 2. The van der Waals surface area contributed by atoms with Crippen LogP contribution in [0.15, 0.2) is 18.2 Å². The zero-order valence-electron chi connectivity index (χ0n) is 10.6. The molecule has 0 unspecified atom stereocenters. The molecule has 1 heterocycles. The van der Waals surface area contributed by atoms with Gasteiger partial charge in [0, 0.05) is 12.1 Å². The standard InChI is InChI=1S/C12H15F2N3O.2ClH/c13-8-1-2-11(10(14)7-8)17(12(15)18)9-3-5-16-6-4-9;;/h1-2,7,9,16H,3-6H2,(H2,15,18);2*1H. The lowest BCUT2D eigenvalue weighted by Gasteiger charge is -2.33. The van der Waals surface area contributed by atoms with Crippen LogP contribution in [-0.2, 0) is 0 Å². The van der Waals surface area contributed by atoms with Gasteiger partial charge >= 0.3 is 6.03 Å². The summed E-state index contributed by atoms with van der Waals surface area (Å²) < 4.78 is 26.6. The van der Waals surface area contributed by atoms with Crippen molar-refractivity contribution in [3.8, 4) is 0 Å². The quantitative estimate of drug-likeness (QED) is 0.876. The number of rotatable bonds is 2. The molecule has 0 atom stereocenters. The van der Waals surface area contributed by atoms with Crippen LogP contribution in [0.2, 0.25) is 0 Å². The van der Waals surface area contributed by atoms with Crippen LogP contribution < -0.4 is 16.0 Å². The minimum Gasteiger partial charge on any atom is -0.351 e. The van der Waals surface area contributed by atoms with Gasteiger partial charge in [-0.25, -0.2) is 13.6 Å². The third-order valence-electron chi connectivity index (χ3n) is 3.08. The van der Waals surface area contributed by atoms with Gasteiger partial charge in [0.2, 0.25) is 0 Å². The molecule has 1 aliphatic rings. The second-order valence-corrected chi connectivity index (χ2v) is 4.29. The van der Waals surface area contributed by atoms with E-state index in [1.807, 2.05) is 0 Å². The van der Waals surface area contributed by atoms with E-state index >= 15 is 0 Å². The van der Waals surface area contributed by atoms with E-state index in [9.17, 15) is 13.6 Å². The number of hydrogen-bond donors (Lipinski definition) is 2. The van der Waals surface area contributed by atoms with Crippen LogP contribution >= 0.6 is 24.8 Å². The smallest absolute Gasteiger partial charge is 0.319 e. The van der Waals surface area contributed by atoms with Gasteiger partial charge in [-0.15, -0.1) is 24.8 Å². The third-order valence-corrected chi connectivity index (χ3v) is 3.08. The van der Waals surface area contributed by atoms with Crippen LogP contribution in [-0.4, -0.2) is 25.2 Å². The zero-order chi connectivity index (χ0) is 13.1. The van der Waals surface area contributed by atoms with Crippen LogP contribution in [0.5, 0.6) is 0 Å². The summed E-state index contributed by atoms with van der Waals surface area (Å²) in [6.45, 7) is 1.49. The van der Waals surface area contributed by atoms with Gasteiger partial charge in [-0.2, -0.15) is 0 Å². The van der Waals surface area contributed by atoms with Gasteiger partial charge in [0.25, 0.3) is 0 Å². The molecule has 1 fully saturated rings. The molecular weight excluding hydrogens is 311 g/mol. The summed E-state index contributed by atoms with van der Waals surface area (Å²) in [5.41, 5.74) is 5.35. The summed E-state index contributed by atoms with van der Waals surface area (Å²) in [5, 5.41) is 3.15. The summed E-state index contributed by atoms with van der Waals surface area (Å²) in [4.78, 5) is 12.7. The fourth-order valence-corrected chi connectivity index (χ4v) is 2.24. The number of hydrogen-bond acceptors (Lipinski definition) is 2. The van der Waals surface area contributed by atoms with Gasteiger partial charge < -0.3 is 11.1 Å². The van der Waals surface area contributed by atoms with Crippen molar-refractivity contribution in [2.24, 2.45) is 5.73 Å². The second kappa shape index (κ2) is 8.24. The van der Waals surface area contributed by atoms with Gasteiger partial charge in [-0.05, 0) is 38.1 Å². The van der Waals surface area contributed by atoms with E-state index in [1.165, 1.54) is 11.0 Å². The number of anilines is 1. The molecule has 0 radical (unpaired) electrons. The van der Waals surface area contributed by atoms with Crippen LogP contribution in [0.1, 0.15) is 12.8 Å². The number of nitrogens with zero attached hydrogens (tertiary/aromatic N) is 1. The molecule has 0 saturated carbocycles. The molecule has 20 heavy (non-hydrogen) atoms. The highest BCUT2D eigenvalue weighted by Gasteiger charge is 2.27. The number of carbonyl (C=O) groups excluding carboxylic acids is 1. The number of piperidine rings is 1. The fourth-order valence-electron chi connectivity index (χ4n) is 2.24. The van der Waals surface area contributed by atoms with Crippen molar-refractivity contribution in [2.45, 2.75) is 18.9 Å². The first-order valence-electron chi connectivity index (χ1n) is 5.84. The van der Waals surface area contributed by atoms with E-state index in [4.69, 9.17) is 5.73 Å². The monoisotopic (exact) mass is 327 g/mol. The lowest BCUT2D eigenvalue weighted by Crippen LogP contribution is -2.49. The number of benzene rings is 1. The normalized spacial score (nSPS) is 14.9. The fraction of sp³-hybridized carbons (Fsp3) is 0.417. The van der Waals surface area contributed by atoms with Crippen LogP contribution in [0.4, 0.5) is 19.3 Å². The highest BCUT2D eigenvalue weighted by atomic mass is 35.5. The molecular formula is C12H17Cl2F2N3O. The topological polar surface area (TPSA) is 58.4 Å². The highest BCUT2D eigenvalue weighted by molar-refractivity contribution is 5.91. The molecule has 0 aliphatic carbocycles. The van der Waals surface area contributed by atoms with Gasteiger partial charge in [0.1, 0.15) is 11.6 Å². The minimum absolute atomic E-state index is 0. The first kappa shape index (κ1) is 18.9. The van der Waals surface area contributed by atoms with Crippen LogP contribution in [0.3, 0.4) is 0 Å². The largest absolute Gasteiger partial charge is 0.351 e. The van der Waals surface area contributed by atoms with Crippen LogP contribution in [0, 0.1) is 11.6 Å². The minimum atomic E-state index is -0.771. The molecule has 0 bridgehead atoms. The van der Waals surface area contributed by atoms with E-state index in [-0.39, 0.29) is 36.5 Å². The lowest BCUT2D eigenvalue weighted by molar-refractivity contribution is 0.249. The highest BCUT2D eigenvalue weighted by Crippen LogP contribution is 2.25. The summed E-state index contributed by atoms with van der Waals surface area (Å²) in [6.07, 6.45) is 1.39. The second-order valence-electron chi connectivity index (χ2n) is 4.29. The Morgan fingerprint density at radius 2 is 1.85 bits per heavy atom. The van der Waals surface area contributed by atoms with E-state index < -0.39 is 17.7 Å². The SMILES string of the molecule is Cl.Cl.NC(=O)N(c1ccc(F)cc1F)C1CCNCC1. The molecule has 3 N–H and O–H groups in total. The lowest BCUT2D eigenvalue weighted by atomic mass is 10.0. The Labute approximate surface area is 128 Å². The van der Waals surface area contributed by atoms with Crippen molar-refractivity contribution in [2.75, 3.05) is 18.0 Å². The zero-order valence-corrected chi connectivity index (χ0v) is 12.3. The summed E-state index contributed by atoms with van der Waals surface area (Å²) in [6, 6.07) is 2.26. The van der Waals surface area contributed by atoms with Crippen LogP contribution in [0.25, 0.3) is 0 Å². The number of carbonyl (C=O) groups is 1. The number of nitrogens with two attached hydrogens (primary N) is 1. The average Bonchev–Trinajstić information content (AvgIpc) is 2.33. The number of nitrogens with one attached hydrogen (secondary N) is 1. The third kappa shape index (κ3) is 4.19. The maximum atomic E-state index is 13.7.